The molecular formula is C33H34FN5O2. The van der Waals surface area contributed by atoms with Crippen molar-refractivity contribution in [3.8, 4) is 17.3 Å². The number of fused-ring (bicyclic) bond motifs is 3. The van der Waals surface area contributed by atoms with E-state index < -0.39 is 5.67 Å². The Kier molecular flexibility index (Phi) is 5.34. The van der Waals surface area contributed by atoms with E-state index in [9.17, 15) is 9.18 Å². The minimum absolute atomic E-state index is 0.0286. The van der Waals surface area contributed by atoms with E-state index in [4.69, 9.17) is 14.8 Å². The molecular weight excluding hydrogens is 517 g/mol. The topological polar surface area (TPSA) is 95.9 Å². The molecule has 7 aliphatic rings. The van der Waals surface area contributed by atoms with E-state index in [2.05, 4.69) is 16.2 Å². The van der Waals surface area contributed by atoms with Crippen LogP contribution in [0.3, 0.4) is 0 Å². The van der Waals surface area contributed by atoms with Gasteiger partial charge in [-0.2, -0.15) is 10.2 Å². The molecule has 0 atom stereocenters. The Bertz CT molecular complexity index is 1520. The fraction of sp³-hybridized carbons (Fsp3) is 0.545. The number of benzene rings is 1. The third-order valence-corrected chi connectivity index (χ3v) is 11.0. The molecule has 0 spiro atoms. The summed E-state index contributed by atoms with van der Waals surface area (Å²) in [6, 6.07) is 13.7. The van der Waals surface area contributed by atoms with Crippen molar-refractivity contribution in [1.29, 1.82) is 5.26 Å². The zero-order valence-corrected chi connectivity index (χ0v) is 23.2. The highest BCUT2D eigenvalue weighted by Gasteiger charge is 2.69. The van der Waals surface area contributed by atoms with Gasteiger partial charge in [-0.05, 0) is 106 Å². The van der Waals surface area contributed by atoms with Crippen LogP contribution >= 0.6 is 0 Å². The third-order valence-electron chi connectivity index (χ3n) is 11.0. The molecule has 7 nitrogen and oxygen atoms in total. The number of anilines is 1. The Hall–Kier alpha value is -3.60. The van der Waals surface area contributed by atoms with Gasteiger partial charge in [0.05, 0.1) is 11.3 Å². The highest BCUT2D eigenvalue weighted by Crippen LogP contribution is 2.71. The lowest BCUT2D eigenvalue weighted by molar-refractivity contribution is -0.215. The van der Waals surface area contributed by atoms with Crippen molar-refractivity contribution in [2.45, 2.75) is 94.1 Å². The molecule has 0 radical (unpaired) electrons. The van der Waals surface area contributed by atoms with E-state index in [0.717, 1.165) is 80.0 Å². The minimum atomic E-state index is -1.02. The number of nitrogens with zero attached hydrogens (tertiary/aromatic N) is 5. The van der Waals surface area contributed by atoms with Gasteiger partial charge in [0.2, 0.25) is 11.8 Å². The fourth-order valence-electron chi connectivity index (χ4n) is 8.37. The summed E-state index contributed by atoms with van der Waals surface area (Å²) >= 11 is 0. The number of carbonyl (C=O) groups is 1. The number of rotatable bonds is 8. The van der Waals surface area contributed by atoms with Gasteiger partial charge in [0.15, 0.2) is 5.82 Å². The highest BCUT2D eigenvalue weighted by atomic mass is 19.1. The second-order valence-electron chi connectivity index (χ2n) is 13.9. The molecule has 7 saturated carbocycles. The molecule has 1 amide bonds. The van der Waals surface area contributed by atoms with E-state index in [1.54, 1.807) is 12.3 Å². The molecule has 3 aromatic rings. The molecule has 2 aromatic heterocycles. The van der Waals surface area contributed by atoms with Crippen molar-refractivity contribution in [3.63, 3.8) is 0 Å². The normalized spacial score (nSPS) is 33.0. The summed E-state index contributed by atoms with van der Waals surface area (Å²) in [5, 5.41) is 13.5. The predicted molar refractivity (Wildman–Crippen MR) is 150 cm³/mol. The van der Waals surface area contributed by atoms with Crippen LogP contribution in [0.2, 0.25) is 0 Å². The zero-order chi connectivity index (χ0) is 27.9. The maximum atomic E-state index is 14.3. The summed E-state index contributed by atoms with van der Waals surface area (Å²) in [6.45, 7) is 0.667. The molecule has 7 fully saturated rings. The Morgan fingerprint density at radius 2 is 1.80 bits per heavy atom. The van der Waals surface area contributed by atoms with E-state index in [1.807, 2.05) is 35.2 Å². The summed E-state index contributed by atoms with van der Waals surface area (Å²) in [7, 11) is 0. The minimum Gasteiger partial charge on any atom is -0.339 e. The number of carbonyl (C=O) groups excluding carboxylic acids is 1. The number of hydrogen-bond acceptors (Lipinski definition) is 6. The molecule has 210 valence electrons. The first-order valence-electron chi connectivity index (χ1n) is 15.1. The van der Waals surface area contributed by atoms with Crippen molar-refractivity contribution in [1.82, 2.24) is 15.1 Å². The van der Waals surface area contributed by atoms with Crippen LogP contribution in [0, 0.1) is 22.2 Å². The van der Waals surface area contributed by atoms with Crippen LogP contribution in [0.15, 0.2) is 47.1 Å². The summed E-state index contributed by atoms with van der Waals surface area (Å²) in [5.41, 5.74) is 1.89. The molecule has 0 N–H and O–H groups in total. The largest absolute Gasteiger partial charge is 0.339 e. The molecule has 7 aliphatic carbocycles. The first-order chi connectivity index (χ1) is 19.8. The summed E-state index contributed by atoms with van der Waals surface area (Å²) in [4.78, 5) is 25.3. The van der Waals surface area contributed by atoms with Crippen LogP contribution in [-0.4, -0.2) is 33.2 Å². The molecule has 10 rings (SSSR count). The number of alkyl halides is 1. The Morgan fingerprint density at radius 3 is 2.44 bits per heavy atom. The molecule has 2 heterocycles. The van der Waals surface area contributed by atoms with Gasteiger partial charge in [-0.1, -0.05) is 17.3 Å². The lowest BCUT2D eigenvalue weighted by Gasteiger charge is -2.66. The molecule has 0 aliphatic heterocycles. The van der Waals surface area contributed by atoms with Crippen LogP contribution < -0.4 is 4.90 Å². The fourth-order valence-corrected chi connectivity index (χ4v) is 8.37. The quantitative estimate of drug-likeness (QED) is 0.306. The van der Waals surface area contributed by atoms with Crippen molar-refractivity contribution in [2.24, 2.45) is 10.8 Å². The van der Waals surface area contributed by atoms with Crippen molar-refractivity contribution >= 4 is 11.6 Å². The van der Waals surface area contributed by atoms with Gasteiger partial charge in [0, 0.05) is 41.7 Å². The van der Waals surface area contributed by atoms with Crippen molar-refractivity contribution in [2.75, 3.05) is 11.4 Å². The molecule has 0 saturated heterocycles. The second-order valence-corrected chi connectivity index (χ2v) is 13.9. The zero-order valence-electron chi connectivity index (χ0n) is 23.2. The van der Waals surface area contributed by atoms with Crippen molar-refractivity contribution < 1.29 is 13.7 Å². The predicted octanol–water partition coefficient (Wildman–Crippen LogP) is 6.79. The van der Waals surface area contributed by atoms with Crippen LogP contribution in [0.1, 0.15) is 100 Å². The number of hydrogen-bond donors (Lipinski definition) is 0. The summed E-state index contributed by atoms with van der Waals surface area (Å²) in [5.74, 6) is 2.29. The van der Waals surface area contributed by atoms with Gasteiger partial charge in [-0.15, -0.1) is 0 Å². The van der Waals surface area contributed by atoms with Gasteiger partial charge < -0.3 is 9.42 Å². The van der Waals surface area contributed by atoms with Crippen molar-refractivity contribution in [3.05, 3.63) is 59.9 Å². The van der Waals surface area contributed by atoms with Gasteiger partial charge in [-0.25, -0.2) is 4.39 Å². The molecule has 1 aromatic carbocycles. The lowest BCUT2D eigenvalue weighted by atomic mass is 9.41. The Morgan fingerprint density at radius 1 is 1.05 bits per heavy atom. The number of nitriles is 1. The number of halogens is 1. The number of aromatic nitrogens is 3. The standard InChI is InChI=1S/C33H34FN5O2/c34-33-18-31(19-33,20-33)15-27(40)39(25-3-1-2-24(14-25)26-7-4-22(16-35)17-36-26)21-30-8-11-32(12-9-30,13-10-30)29-37-28(38-41-29)23-5-6-23/h1-4,7,14,17,23H,5-6,8-13,15,18-21H2. The number of pyridine rings is 1. The van der Waals surface area contributed by atoms with E-state index in [0.29, 0.717) is 43.7 Å². The smallest absolute Gasteiger partial charge is 0.232 e. The molecule has 4 bridgehead atoms. The third kappa shape index (κ3) is 4.19. The SMILES string of the molecule is N#Cc1ccc(-c2cccc(N(CC34CCC(c5nc(C6CC6)no5)(CC3)CC4)C(=O)CC34CC(F)(C3)C4)c2)nc1. The first kappa shape index (κ1) is 25.1. The van der Waals surface area contributed by atoms with Crippen LogP contribution in [-0.2, 0) is 10.2 Å². The van der Waals surface area contributed by atoms with E-state index >= 15 is 0 Å². The molecule has 41 heavy (non-hydrogen) atoms. The second kappa shape index (κ2) is 8.70. The highest BCUT2D eigenvalue weighted by molar-refractivity contribution is 5.95. The van der Waals surface area contributed by atoms with Crippen LogP contribution in [0.5, 0.6) is 0 Å². The molecule has 8 heteroatoms. The van der Waals surface area contributed by atoms with Gasteiger partial charge in [-0.3, -0.25) is 9.78 Å². The van der Waals surface area contributed by atoms with E-state index in [-0.39, 0.29) is 22.2 Å². The van der Waals surface area contributed by atoms with Gasteiger partial charge in [0.25, 0.3) is 0 Å². The van der Waals surface area contributed by atoms with E-state index in [1.165, 1.54) is 0 Å². The Balaban J connectivity index is 1.05. The first-order valence-corrected chi connectivity index (χ1v) is 15.1. The summed E-state index contributed by atoms with van der Waals surface area (Å²) in [6.07, 6.45) is 12.0. The maximum Gasteiger partial charge on any atom is 0.232 e. The maximum absolute atomic E-state index is 14.3. The van der Waals surface area contributed by atoms with Gasteiger partial charge >= 0.3 is 0 Å². The average Bonchev–Trinajstić information content (AvgIpc) is 3.71. The monoisotopic (exact) mass is 551 g/mol. The summed E-state index contributed by atoms with van der Waals surface area (Å²) < 4.78 is 20.2. The lowest BCUT2D eigenvalue weighted by Crippen LogP contribution is -2.65. The van der Waals surface area contributed by atoms with Gasteiger partial charge in [0.1, 0.15) is 11.7 Å². The van der Waals surface area contributed by atoms with Crippen LogP contribution in [0.4, 0.5) is 10.1 Å². The van der Waals surface area contributed by atoms with Crippen LogP contribution in [0.25, 0.3) is 11.3 Å². The Labute approximate surface area is 239 Å². The molecule has 0 unspecified atom stereocenters. The number of amides is 1. The average molecular weight is 552 g/mol.